The van der Waals surface area contributed by atoms with Gasteiger partial charge in [0.1, 0.15) is 0 Å². The Bertz CT molecular complexity index is 717. The van der Waals surface area contributed by atoms with Crippen LogP contribution in [0, 0.1) is 5.92 Å². The molecule has 9 heteroatoms. The number of ether oxygens (including phenoxy) is 2. The van der Waals surface area contributed by atoms with E-state index in [1.807, 2.05) is 17.9 Å². The minimum Gasteiger partial charge on any atom is -0.504 e. The van der Waals surface area contributed by atoms with Gasteiger partial charge in [-0.1, -0.05) is 6.07 Å². The third-order valence-corrected chi connectivity index (χ3v) is 5.46. The first kappa shape index (κ1) is 24.5. The predicted octanol–water partition coefficient (Wildman–Crippen LogP) is 2.06. The van der Waals surface area contributed by atoms with E-state index < -0.39 is 0 Å². The number of amides is 1. The number of benzene rings is 1. The first-order valence-corrected chi connectivity index (χ1v) is 10.4. The van der Waals surface area contributed by atoms with Crippen LogP contribution >= 0.6 is 24.0 Å². The molecule has 2 heterocycles. The first-order valence-electron chi connectivity index (χ1n) is 10.4. The number of carbonyl (C=O) groups excluding carboxylic acids is 1. The Hall–Kier alpha value is -1.75. The van der Waals surface area contributed by atoms with Gasteiger partial charge in [0.2, 0.25) is 5.91 Å². The monoisotopic (exact) mass is 532 g/mol. The van der Waals surface area contributed by atoms with Crippen molar-refractivity contribution in [3.05, 3.63) is 23.8 Å². The summed E-state index contributed by atoms with van der Waals surface area (Å²) in [5, 5.41) is 13.3. The van der Waals surface area contributed by atoms with Crippen molar-refractivity contribution in [1.82, 2.24) is 15.1 Å². The number of rotatable bonds is 5. The third kappa shape index (κ3) is 6.37. The maximum atomic E-state index is 12.7. The Labute approximate surface area is 195 Å². The highest BCUT2D eigenvalue weighted by atomic mass is 127. The Morgan fingerprint density at radius 3 is 2.53 bits per heavy atom. The van der Waals surface area contributed by atoms with Gasteiger partial charge in [-0.15, -0.1) is 24.0 Å². The van der Waals surface area contributed by atoms with E-state index >= 15 is 0 Å². The van der Waals surface area contributed by atoms with E-state index in [0.717, 1.165) is 44.0 Å². The molecule has 2 aliphatic rings. The molecule has 0 bridgehead atoms. The van der Waals surface area contributed by atoms with E-state index in [9.17, 15) is 9.90 Å². The summed E-state index contributed by atoms with van der Waals surface area (Å²) >= 11 is 0. The smallest absolute Gasteiger partial charge is 0.225 e. The summed E-state index contributed by atoms with van der Waals surface area (Å²) in [4.78, 5) is 21.6. The number of morpholine rings is 1. The maximum absolute atomic E-state index is 12.7. The number of nitrogens with zero attached hydrogens (tertiary/aromatic N) is 3. The van der Waals surface area contributed by atoms with Gasteiger partial charge in [0.05, 0.1) is 26.9 Å². The van der Waals surface area contributed by atoms with Crippen LogP contribution < -0.4 is 10.1 Å². The first-order chi connectivity index (χ1) is 14.1. The standard InChI is InChI=1S/C21H32N4O4.HI/c1-3-22-21(23-15-16-4-5-19(28-2)18(26)14-16)25-8-6-17(7-9-25)20(27)24-10-12-29-13-11-24;/h4-5,14,17,26H,3,6-13,15H2,1-2H3,(H,22,23);1H. The Kier molecular flexibility index (Phi) is 9.96. The number of aromatic hydroxyl groups is 1. The van der Waals surface area contributed by atoms with Gasteiger partial charge in [0.25, 0.3) is 0 Å². The summed E-state index contributed by atoms with van der Waals surface area (Å²) in [6.45, 7) is 7.59. The zero-order chi connectivity index (χ0) is 20.6. The Balaban J connectivity index is 0.00000320. The Morgan fingerprint density at radius 1 is 1.23 bits per heavy atom. The van der Waals surface area contributed by atoms with E-state index in [2.05, 4.69) is 10.2 Å². The molecule has 3 rings (SSSR count). The highest BCUT2D eigenvalue weighted by Gasteiger charge is 2.30. The minimum atomic E-state index is 0. The van der Waals surface area contributed by atoms with Crippen molar-refractivity contribution in [2.45, 2.75) is 26.3 Å². The molecule has 30 heavy (non-hydrogen) atoms. The summed E-state index contributed by atoms with van der Waals surface area (Å²) in [6, 6.07) is 5.33. The number of nitrogens with one attached hydrogen (secondary N) is 1. The van der Waals surface area contributed by atoms with Crippen molar-refractivity contribution >= 4 is 35.8 Å². The number of piperidine rings is 1. The second-order valence-corrected chi connectivity index (χ2v) is 7.38. The fraction of sp³-hybridized carbons (Fsp3) is 0.619. The number of guanidine groups is 1. The highest BCUT2D eigenvalue weighted by Crippen LogP contribution is 2.26. The van der Waals surface area contributed by atoms with E-state index in [0.29, 0.717) is 38.6 Å². The lowest BCUT2D eigenvalue weighted by atomic mass is 9.95. The molecule has 0 radical (unpaired) electrons. The van der Waals surface area contributed by atoms with Crippen molar-refractivity contribution in [2.75, 3.05) is 53.0 Å². The molecule has 1 aromatic rings. The van der Waals surface area contributed by atoms with Gasteiger partial charge in [-0.05, 0) is 37.5 Å². The molecule has 1 amide bonds. The molecule has 2 fully saturated rings. The summed E-state index contributed by atoms with van der Waals surface area (Å²) in [5.41, 5.74) is 0.913. The van der Waals surface area contributed by atoms with Crippen molar-refractivity contribution in [3.63, 3.8) is 0 Å². The quantitative estimate of drug-likeness (QED) is 0.343. The predicted molar refractivity (Wildman–Crippen MR) is 127 cm³/mol. The molecule has 168 valence electrons. The van der Waals surface area contributed by atoms with E-state index in [-0.39, 0.29) is 41.6 Å². The van der Waals surface area contributed by atoms with Gasteiger partial charge < -0.3 is 29.7 Å². The van der Waals surface area contributed by atoms with E-state index in [1.165, 1.54) is 7.11 Å². The van der Waals surface area contributed by atoms with E-state index in [4.69, 9.17) is 14.5 Å². The average Bonchev–Trinajstić information content (AvgIpc) is 2.77. The number of carbonyl (C=O) groups is 1. The number of hydrogen-bond donors (Lipinski definition) is 2. The van der Waals surface area contributed by atoms with Gasteiger partial charge in [-0.25, -0.2) is 4.99 Å². The van der Waals surface area contributed by atoms with Crippen LogP contribution in [0.1, 0.15) is 25.3 Å². The zero-order valence-electron chi connectivity index (χ0n) is 17.8. The molecule has 0 saturated carbocycles. The highest BCUT2D eigenvalue weighted by molar-refractivity contribution is 14.0. The molecule has 0 atom stereocenters. The minimum absolute atomic E-state index is 0. The Morgan fingerprint density at radius 2 is 1.93 bits per heavy atom. The largest absolute Gasteiger partial charge is 0.504 e. The number of methoxy groups -OCH3 is 1. The van der Waals surface area contributed by atoms with Crippen LogP contribution in [0.3, 0.4) is 0 Å². The van der Waals surface area contributed by atoms with Crippen molar-refractivity contribution < 1.29 is 19.4 Å². The lowest BCUT2D eigenvalue weighted by molar-refractivity contribution is -0.140. The maximum Gasteiger partial charge on any atom is 0.225 e. The SMILES string of the molecule is CCNC(=NCc1ccc(OC)c(O)c1)N1CCC(C(=O)N2CCOCC2)CC1.I. The molecule has 2 N–H and O–H groups in total. The van der Waals surface area contributed by atoms with Gasteiger partial charge in [0.15, 0.2) is 17.5 Å². The van der Waals surface area contributed by atoms with E-state index in [1.54, 1.807) is 12.1 Å². The molecule has 0 spiro atoms. The lowest BCUT2D eigenvalue weighted by Gasteiger charge is -2.36. The molecule has 2 aliphatic heterocycles. The number of hydrogen-bond acceptors (Lipinski definition) is 5. The summed E-state index contributed by atoms with van der Waals surface area (Å²) in [5.74, 6) is 1.78. The van der Waals surface area contributed by atoms with Crippen LogP contribution in [0.4, 0.5) is 0 Å². The number of halogens is 1. The molecule has 1 aromatic carbocycles. The summed E-state index contributed by atoms with van der Waals surface area (Å²) in [7, 11) is 1.53. The second kappa shape index (κ2) is 12.2. The molecular formula is C21H33IN4O4. The molecule has 0 aliphatic carbocycles. The number of likely N-dealkylation sites (tertiary alicyclic amines) is 1. The zero-order valence-corrected chi connectivity index (χ0v) is 20.1. The number of phenols is 1. The molecule has 2 saturated heterocycles. The second-order valence-electron chi connectivity index (χ2n) is 7.38. The summed E-state index contributed by atoms with van der Waals surface area (Å²) in [6.07, 6.45) is 1.67. The molecule has 8 nitrogen and oxygen atoms in total. The van der Waals surface area contributed by atoms with Crippen LogP contribution in [0.15, 0.2) is 23.2 Å². The lowest BCUT2D eigenvalue weighted by Crippen LogP contribution is -2.50. The summed E-state index contributed by atoms with van der Waals surface area (Å²) < 4.78 is 10.4. The van der Waals surface area contributed by atoms with Gasteiger partial charge in [0, 0.05) is 38.6 Å². The van der Waals surface area contributed by atoms with Crippen LogP contribution in [0.2, 0.25) is 0 Å². The van der Waals surface area contributed by atoms with Crippen molar-refractivity contribution in [1.29, 1.82) is 0 Å². The number of phenolic OH excluding ortho intramolecular Hbond substituents is 1. The fourth-order valence-corrected chi connectivity index (χ4v) is 3.81. The van der Waals surface area contributed by atoms with Gasteiger partial charge in [-0.3, -0.25) is 4.79 Å². The molecular weight excluding hydrogens is 499 g/mol. The molecule has 0 aromatic heterocycles. The molecule has 0 unspecified atom stereocenters. The third-order valence-electron chi connectivity index (χ3n) is 5.46. The topological polar surface area (TPSA) is 86.6 Å². The van der Waals surface area contributed by atoms with Crippen LogP contribution in [0.25, 0.3) is 0 Å². The normalized spacial score (nSPS) is 18.0. The fourth-order valence-electron chi connectivity index (χ4n) is 3.81. The van der Waals surface area contributed by atoms with Crippen molar-refractivity contribution in [3.8, 4) is 11.5 Å². The van der Waals surface area contributed by atoms with Crippen LogP contribution in [-0.2, 0) is 16.1 Å². The number of aliphatic imine (C=N–C) groups is 1. The average molecular weight is 532 g/mol. The van der Waals surface area contributed by atoms with Gasteiger partial charge in [-0.2, -0.15) is 0 Å². The van der Waals surface area contributed by atoms with Crippen molar-refractivity contribution in [2.24, 2.45) is 10.9 Å². The van der Waals surface area contributed by atoms with Crippen LogP contribution in [0.5, 0.6) is 11.5 Å². The van der Waals surface area contributed by atoms with Gasteiger partial charge >= 0.3 is 0 Å². The van der Waals surface area contributed by atoms with Crippen LogP contribution in [-0.4, -0.2) is 79.8 Å².